The topological polar surface area (TPSA) is 43.8 Å². The Morgan fingerprint density at radius 2 is 2.20 bits per heavy atom. The van der Waals surface area contributed by atoms with Gasteiger partial charge in [0.1, 0.15) is 0 Å². The van der Waals surface area contributed by atoms with Gasteiger partial charge in [0.2, 0.25) is 0 Å². The second-order valence-corrected chi connectivity index (χ2v) is 3.67. The molecular weight excluding hydrogens is 186 g/mol. The van der Waals surface area contributed by atoms with Crippen molar-refractivity contribution < 1.29 is 0 Å². The molecule has 78 valence electrons. The lowest BCUT2D eigenvalue weighted by atomic mass is 10.3. The molecule has 2 aromatic rings. The van der Waals surface area contributed by atoms with Gasteiger partial charge in [-0.1, -0.05) is 6.07 Å². The number of nitrogens with two attached hydrogens (primary N) is 1. The Kier molecular flexibility index (Phi) is 2.83. The van der Waals surface area contributed by atoms with Crippen LogP contribution in [-0.2, 0) is 13.1 Å². The standard InChI is InChI=1S/C12H15N3/c1-10-3-2-4-12(14-10)9-15-6-5-11(7-13)8-15/h2-6,8H,7,9,13H2,1H3. The van der Waals surface area contributed by atoms with Crippen molar-refractivity contribution in [3.05, 3.63) is 53.6 Å². The van der Waals surface area contributed by atoms with Crippen molar-refractivity contribution in [3.8, 4) is 0 Å². The summed E-state index contributed by atoms with van der Waals surface area (Å²) in [7, 11) is 0. The van der Waals surface area contributed by atoms with Crippen LogP contribution in [0.25, 0.3) is 0 Å². The maximum Gasteiger partial charge on any atom is 0.0642 e. The molecule has 0 aliphatic rings. The summed E-state index contributed by atoms with van der Waals surface area (Å²) in [5.41, 5.74) is 8.84. The van der Waals surface area contributed by atoms with Crippen LogP contribution in [0.1, 0.15) is 17.0 Å². The molecule has 2 N–H and O–H groups in total. The van der Waals surface area contributed by atoms with Gasteiger partial charge in [0, 0.05) is 24.6 Å². The molecule has 0 fully saturated rings. The van der Waals surface area contributed by atoms with Gasteiger partial charge in [-0.2, -0.15) is 0 Å². The SMILES string of the molecule is Cc1cccc(Cn2ccc(CN)c2)n1. The third kappa shape index (κ3) is 2.44. The lowest BCUT2D eigenvalue weighted by Gasteiger charge is -2.03. The zero-order valence-electron chi connectivity index (χ0n) is 8.85. The van der Waals surface area contributed by atoms with Gasteiger partial charge in [0.25, 0.3) is 0 Å². The summed E-state index contributed by atoms with van der Waals surface area (Å²) >= 11 is 0. The zero-order valence-corrected chi connectivity index (χ0v) is 8.85. The fourth-order valence-corrected chi connectivity index (χ4v) is 1.58. The first-order chi connectivity index (χ1) is 7.28. The molecule has 0 amide bonds. The predicted octanol–water partition coefficient (Wildman–Crippen LogP) is 1.70. The number of aromatic nitrogens is 2. The average molecular weight is 201 g/mol. The fourth-order valence-electron chi connectivity index (χ4n) is 1.58. The molecule has 0 saturated carbocycles. The molecule has 2 rings (SSSR count). The van der Waals surface area contributed by atoms with E-state index in [1.165, 1.54) is 0 Å². The first kappa shape index (κ1) is 9.93. The minimum atomic E-state index is 0.592. The zero-order chi connectivity index (χ0) is 10.7. The van der Waals surface area contributed by atoms with Crippen molar-refractivity contribution in [1.82, 2.24) is 9.55 Å². The highest BCUT2D eigenvalue weighted by Gasteiger charge is 1.98. The number of hydrogen-bond acceptors (Lipinski definition) is 2. The molecule has 0 saturated heterocycles. The van der Waals surface area contributed by atoms with Crippen molar-refractivity contribution in [2.45, 2.75) is 20.0 Å². The molecule has 0 radical (unpaired) electrons. The Hall–Kier alpha value is -1.61. The molecule has 0 aliphatic heterocycles. The highest BCUT2D eigenvalue weighted by molar-refractivity contribution is 5.14. The summed E-state index contributed by atoms with van der Waals surface area (Å²) in [6.07, 6.45) is 4.09. The van der Waals surface area contributed by atoms with Crippen molar-refractivity contribution in [3.63, 3.8) is 0 Å². The minimum Gasteiger partial charge on any atom is -0.348 e. The van der Waals surface area contributed by atoms with E-state index in [9.17, 15) is 0 Å². The molecule has 0 aliphatic carbocycles. The first-order valence-corrected chi connectivity index (χ1v) is 5.05. The Balaban J connectivity index is 2.14. The van der Waals surface area contributed by atoms with Crippen LogP contribution in [0.3, 0.4) is 0 Å². The Labute approximate surface area is 89.6 Å². The van der Waals surface area contributed by atoms with Gasteiger partial charge >= 0.3 is 0 Å². The summed E-state index contributed by atoms with van der Waals surface area (Å²) < 4.78 is 2.10. The van der Waals surface area contributed by atoms with Crippen LogP contribution in [0.5, 0.6) is 0 Å². The molecule has 3 nitrogen and oxygen atoms in total. The van der Waals surface area contributed by atoms with Crippen molar-refractivity contribution in [2.24, 2.45) is 5.73 Å². The monoisotopic (exact) mass is 201 g/mol. The number of pyridine rings is 1. The summed E-state index contributed by atoms with van der Waals surface area (Å²) in [6, 6.07) is 8.11. The minimum absolute atomic E-state index is 0.592. The average Bonchev–Trinajstić information content (AvgIpc) is 2.65. The fraction of sp³-hybridized carbons (Fsp3) is 0.250. The molecular formula is C12H15N3. The van der Waals surface area contributed by atoms with Gasteiger partial charge in [0.05, 0.1) is 12.2 Å². The number of rotatable bonds is 3. The molecule has 0 spiro atoms. The van der Waals surface area contributed by atoms with Crippen LogP contribution in [0.4, 0.5) is 0 Å². The van der Waals surface area contributed by atoms with Crippen molar-refractivity contribution in [1.29, 1.82) is 0 Å². The Morgan fingerprint density at radius 3 is 2.87 bits per heavy atom. The largest absolute Gasteiger partial charge is 0.348 e. The van der Waals surface area contributed by atoms with Crippen LogP contribution in [0.2, 0.25) is 0 Å². The van der Waals surface area contributed by atoms with E-state index < -0.39 is 0 Å². The maximum atomic E-state index is 5.55. The maximum absolute atomic E-state index is 5.55. The van der Waals surface area contributed by atoms with E-state index in [1.807, 2.05) is 37.4 Å². The van der Waals surface area contributed by atoms with E-state index in [4.69, 9.17) is 5.73 Å². The summed E-state index contributed by atoms with van der Waals surface area (Å²) in [5, 5.41) is 0. The van der Waals surface area contributed by atoms with Crippen molar-refractivity contribution in [2.75, 3.05) is 0 Å². The number of aryl methyl sites for hydroxylation is 1. The summed E-state index contributed by atoms with van der Waals surface area (Å²) in [5.74, 6) is 0. The van der Waals surface area contributed by atoms with Gasteiger partial charge in [0.15, 0.2) is 0 Å². The van der Waals surface area contributed by atoms with Crippen LogP contribution in [0.15, 0.2) is 36.7 Å². The van der Waals surface area contributed by atoms with Gasteiger partial charge < -0.3 is 10.3 Å². The predicted molar refractivity (Wildman–Crippen MR) is 60.4 cm³/mol. The smallest absolute Gasteiger partial charge is 0.0642 e. The van der Waals surface area contributed by atoms with E-state index in [0.717, 1.165) is 23.5 Å². The third-order valence-corrected chi connectivity index (χ3v) is 2.34. The van der Waals surface area contributed by atoms with Crippen LogP contribution < -0.4 is 5.73 Å². The number of nitrogens with zero attached hydrogens (tertiary/aromatic N) is 2. The highest BCUT2D eigenvalue weighted by atomic mass is 15.0. The summed E-state index contributed by atoms with van der Waals surface area (Å²) in [6.45, 7) is 3.40. The van der Waals surface area contributed by atoms with E-state index in [1.54, 1.807) is 0 Å². The van der Waals surface area contributed by atoms with Crippen molar-refractivity contribution >= 4 is 0 Å². The van der Waals surface area contributed by atoms with E-state index in [2.05, 4.69) is 15.7 Å². The number of hydrogen-bond donors (Lipinski definition) is 1. The van der Waals surface area contributed by atoms with Crippen LogP contribution >= 0.6 is 0 Å². The van der Waals surface area contributed by atoms with Crippen LogP contribution in [-0.4, -0.2) is 9.55 Å². The normalized spacial score (nSPS) is 10.5. The van der Waals surface area contributed by atoms with Gasteiger partial charge in [-0.15, -0.1) is 0 Å². The summed E-state index contributed by atoms with van der Waals surface area (Å²) in [4.78, 5) is 4.45. The van der Waals surface area contributed by atoms with E-state index >= 15 is 0 Å². The highest BCUT2D eigenvalue weighted by Crippen LogP contribution is 2.04. The molecule has 0 unspecified atom stereocenters. The van der Waals surface area contributed by atoms with Gasteiger partial charge in [-0.05, 0) is 30.7 Å². The van der Waals surface area contributed by atoms with Crippen LogP contribution in [0, 0.1) is 6.92 Å². The van der Waals surface area contributed by atoms with E-state index in [0.29, 0.717) is 6.54 Å². The molecule has 2 heterocycles. The Bertz CT molecular complexity index is 446. The molecule has 0 bridgehead atoms. The lowest BCUT2D eigenvalue weighted by molar-refractivity contribution is 0.773. The Morgan fingerprint density at radius 1 is 1.33 bits per heavy atom. The molecule has 2 aromatic heterocycles. The second kappa shape index (κ2) is 4.28. The first-order valence-electron chi connectivity index (χ1n) is 5.05. The molecule has 15 heavy (non-hydrogen) atoms. The molecule has 0 aromatic carbocycles. The third-order valence-electron chi connectivity index (χ3n) is 2.34. The lowest BCUT2D eigenvalue weighted by Crippen LogP contribution is -2.00. The quantitative estimate of drug-likeness (QED) is 0.821. The van der Waals surface area contributed by atoms with E-state index in [-0.39, 0.29) is 0 Å². The molecule has 3 heteroatoms. The molecule has 0 atom stereocenters. The van der Waals surface area contributed by atoms with Gasteiger partial charge in [-0.3, -0.25) is 4.98 Å². The second-order valence-electron chi connectivity index (χ2n) is 3.67. The van der Waals surface area contributed by atoms with Gasteiger partial charge in [-0.25, -0.2) is 0 Å².